The molecule has 8 heteroatoms. The van der Waals surface area contributed by atoms with Crippen LogP contribution < -0.4 is 5.73 Å². The molecule has 1 aromatic rings. The first kappa shape index (κ1) is 22.7. The smallest absolute Gasteiger partial charge is 0.312 e. The zero-order valence-electron chi connectivity index (χ0n) is 18.1. The number of nitrogens with zero attached hydrogens (tertiary/aromatic N) is 2. The minimum absolute atomic E-state index is 0.0401. The second kappa shape index (κ2) is 8.61. The highest BCUT2D eigenvalue weighted by atomic mass is 32.2. The third kappa shape index (κ3) is 4.50. The zero-order chi connectivity index (χ0) is 22.1. The van der Waals surface area contributed by atoms with Gasteiger partial charge in [0.15, 0.2) is 13.0 Å². The number of carbonyl (C=O) groups is 2. The van der Waals surface area contributed by atoms with E-state index in [0.717, 1.165) is 25.5 Å². The van der Waals surface area contributed by atoms with Gasteiger partial charge in [-0.3, -0.25) is 9.59 Å². The fourth-order valence-corrected chi connectivity index (χ4v) is 5.39. The lowest BCUT2D eigenvalue weighted by molar-refractivity contribution is -0.156. The standard InChI is InChI=1S/C22H31N3O4S/c1-21(2,3)20(27)29-15-24(4)12-8-17-16(14-26)6-5-7-18(17)30(28)25-13-9-19(23)22(25)10-11-22/h5-8,12,14,19H,9-11,13,15,23H2,1-4H3/b12-8-. The number of rotatable bonds is 7. The van der Waals surface area contributed by atoms with Crippen LogP contribution in [0.2, 0.25) is 0 Å². The average molecular weight is 434 g/mol. The molecule has 1 saturated carbocycles. The predicted molar refractivity (Wildman–Crippen MR) is 117 cm³/mol. The molecule has 0 amide bonds. The first-order chi connectivity index (χ1) is 14.1. The quantitative estimate of drug-likeness (QED) is 0.404. The van der Waals surface area contributed by atoms with Gasteiger partial charge >= 0.3 is 5.97 Å². The van der Waals surface area contributed by atoms with Crippen LogP contribution in [0.25, 0.3) is 6.08 Å². The van der Waals surface area contributed by atoms with Crippen LogP contribution in [0.5, 0.6) is 0 Å². The third-order valence-electron chi connectivity index (χ3n) is 5.71. The Morgan fingerprint density at radius 1 is 1.40 bits per heavy atom. The highest BCUT2D eigenvalue weighted by Crippen LogP contribution is 2.50. The zero-order valence-corrected chi connectivity index (χ0v) is 18.9. The summed E-state index contributed by atoms with van der Waals surface area (Å²) >= 11 is 0. The van der Waals surface area contributed by atoms with E-state index in [1.165, 1.54) is 0 Å². The van der Waals surface area contributed by atoms with Crippen LogP contribution in [0.4, 0.5) is 0 Å². The molecule has 2 atom stereocenters. The van der Waals surface area contributed by atoms with Gasteiger partial charge in [0.05, 0.1) is 10.3 Å². The number of ether oxygens (including phenoxy) is 1. The molecule has 1 heterocycles. The molecule has 1 spiro atoms. The Labute approximate surface area is 180 Å². The van der Waals surface area contributed by atoms with Gasteiger partial charge in [0, 0.05) is 42.5 Å². The van der Waals surface area contributed by atoms with Crippen molar-refractivity contribution in [1.29, 1.82) is 0 Å². The van der Waals surface area contributed by atoms with Crippen molar-refractivity contribution < 1.29 is 18.5 Å². The fraction of sp³-hybridized carbons (Fsp3) is 0.545. The molecule has 1 aromatic carbocycles. The van der Waals surface area contributed by atoms with E-state index in [1.807, 2.05) is 4.31 Å². The maximum atomic E-state index is 13.5. The Balaban J connectivity index is 1.79. The van der Waals surface area contributed by atoms with Crippen molar-refractivity contribution in [1.82, 2.24) is 9.21 Å². The van der Waals surface area contributed by atoms with E-state index in [1.54, 1.807) is 63.2 Å². The van der Waals surface area contributed by atoms with Gasteiger partial charge in [-0.1, -0.05) is 12.1 Å². The fourth-order valence-electron chi connectivity index (χ4n) is 3.66. The Kier molecular flexibility index (Phi) is 6.50. The molecule has 0 aromatic heterocycles. The number of esters is 1. The predicted octanol–water partition coefficient (Wildman–Crippen LogP) is 2.54. The van der Waals surface area contributed by atoms with Crippen molar-refractivity contribution in [3.63, 3.8) is 0 Å². The van der Waals surface area contributed by atoms with E-state index in [-0.39, 0.29) is 24.3 Å². The Morgan fingerprint density at radius 3 is 2.70 bits per heavy atom. The number of nitrogens with two attached hydrogens (primary N) is 1. The van der Waals surface area contributed by atoms with Gasteiger partial charge in [0.25, 0.3) is 0 Å². The minimum Gasteiger partial charge on any atom is -0.444 e. The van der Waals surface area contributed by atoms with Gasteiger partial charge in [-0.05, 0) is 52.2 Å². The van der Waals surface area contributed by atoms with Gasteiger partial charge in [-0.25, -0.2) is 8.51 Å². The molecule has 2 N–H and O–H groups in total. The van der Waals surface area contributed by atoms with Crippen molar-refractivity contribution in [3.05, 3.63) is 35.5 Å². The van der Waals surface area contributed by atoms with E-state index in [9.17, 15) is 13.8 Å². The lowest BCUT2D eigenvalue weighted by atomic mass is 9.98. The van der Waals surface area contributed by atoms with E-state index in [4.69, 9.17) is 10.5 Å². The summed E-state index contributed by atoms with van der Waals surface area (Å²) in [7, 11) is 0.361. The molecular weight excluding hydrogens is 402 g/mol. The summed E-state index contributed by atoms with van der Waals surface area (Å²) in [4.78, 5) is 25.9. The summed E-state index contributed by atoms with van der Waals surface area (Å²) in [6.07, 6.45) is 6.98. The highest BCUT2D eigenvalue weighted by Gasteiger charge is 2.58. The maximum absolute atomic E-state index is 13.5. The van der Waals surface area contributed by atoms with Crippen LogP contribution in [0.15, 0.2) is 29.3 Å². The van der Waals surface area contributed by atoms with Crippen molar-refractivity contribution in [2.24, 2.45) is 11.1 Å². The van der Waals surface area contributed by atoms with Crippen molar-refractivity contribution in [2.75, 3.05) is 20.3 Å². The first-order valence-corrected chi connectivity index (χ1v) is 11.3. The monoisotopic (exact) mass is 433 g/mol. The Hall–Kier alpha value is -2.03. The van der Waals surface area contributed by atoms with E-state index < -0.39 is 16.4 Å². The highest BCUT2D eigenvalue weighted by molar-refractivity contribution is 7.82. The van der Waals surface area contributed by atoms with Gasteiger partial charge in [-0.15, -0.1) is 0 Å². The van der Waals surface area contributed by atoms with Crippen LogP contribution >= 0.6 is 0 Å². The molecule has 2 aliphatic rings. The molecule has 30 heavy (non-hydrogen) atoms. The van der Waals surface area contributed by atoms with E-state index >= 15 is 0 Å². The van der Waals surface area contributed by atoms with Crippen molar-refractivity contribution >= 4 is 29.3 Å². The molecule has 1 saturated heterocycles. The maximum Gasteiger partial charge on any atom is 0.312 e. The van der Waals surface area contributed by atoms with Gasteiger partial charge in [0.2, 0.25) is 0 Å². The summed E-state index contributed by atoms with van der Waals surface area (Å²) in [5, 5.41) is 0. The van der Waals surface area contributed by atoms with E-state index in [2.05, 4.69) is 0 Å². The number of carbonyl (C=O) groups excluding carboxylic acids is 2. The molecule has 1 aliphatic carbocycles. The van der Waals surface area contributed by atoms with Gasteiger partial charge < -0.3 is 15.4 Å². The molecule has 3 rings (SSSR count). The molecule has 1 aliphatic heterocycles. The molecule has 2 fully saturated rings. The second-order valence-corrected chi connectivity index (χ2v) is 10.5. The minimum atomic E-state index is -1.41. The summed E-state index contributed by atoms with van der Waals surface area (Å²) in [5.74, 6) is -0.294. The third-order valence-corrected chi connectivity index (χ3v) is 7.39. The molecule has 164 valence electrons. The van der Waals surface area contributed by atoms with Crippen molar-refractivity contribution in [3.8, 4) is 0 Å². The Morgan fingerprint density at radius 2 is 2.10 bits per heavy atom. The summed E-state index contributed by atoms with van der Waals surface area (Å²) in [6, 6.07) is 5.29. The summed E-state index contributed by atoms with van der Waals surface area (Å²) in [5.41, 5.74) is 6.60. The molecule has 7 nitrogen and oxygen atoms in total. The lowest BCUT2D eigenvalue weighted by Crippen LogP contribution is -2.42. The number of hydrogen-bond acceptors (Lipinski definition) is 6. The van der Waals surface area contributed by atoms with E-state index in [0.29, 0.717) is 22.6 Å². The Bertz CT molecular complexity index is 874. The topological polar surface area (TPSA) is 92.9 Å². The summed E-state index contributed by atoms with van der Waals surface area (Å²) < 4.78 is 20.8. The van der Waals surface area contributed by atoms with Crippen LogP contribution in [-0.4, -0.2) is 57.6 Å². The molecule has 0 bridgehead atoms. The van der Waals surface area contributed by atoms with Crippen molar-refractivity contribution in [2.45, 2.75) is 56.5 Å². The molecule has 2 unspecified atom stereocenters. The van der Waals surface area contributed by atoms with Crippen LogP contribution in [0, 0.1) is 5.41 Å². The number of aldehydes is 1. The first-order valence-electron chi connectivity index (χ1n) is 10.2. The normalized spacial score (nSPS) is 21.7. The second-order valence-electron chi connectivity index (χ2n) is 9.11. The van der Waals surface area contributed by atoms with Gasteiger partial charge in [0.1, 0.15) is 11.0 Å². The molecule has 0 radical (unpaired) electrons. The molecular formula is C22H31N3O4S. The SMILES string of the molecule is CN(/C=C\c1c(C=O)cccc1S(=O)N1CCC(N)C12CC2)COC(=O)C(C)(C)C. The number of hydrogen-bond donors (Lipinski definition) is 1. The summed E-state index contributed by atoms with van der Waals surface area (Å²) in [6.45, 7) is 6.15. The lowest BCUT2D eigenvalue weighted by Gasteiger charge is -2.26. The van der Waals surface area contributed by atoms with Crippen LogP contribution in [0.3, 0.4) is 0 Å². The number of benzene rings is 1. The average Bonchev–Trinajstić information content (AvgIpc) is 3.44. The largest absolute Gasteiger partial charge is 0.444 e. The van der Waals surface area contributed by atoms with Gasteiger partial charge in [-0.2, -0.15) is 0 Å². The van der Waals surface area contributed by atoms with Crippen LogP contribution in [0.1, 0.15) is 56.0 Å². The van der Waals surface area contributed by atoms with Crippen LogP contribution in [-0.2, 0) is 20.5 Å².